The van der Waals surface area contributed by atoms with Crippen LogP contribution in [0.5, 0.6) is 5.75 Å². The number of anilines is 2. The highest BCUT2D eigenvalue weighted by molar-refractivity contribution is 8.21. The molecule has 144 valence electrons. The van der Waals surface area contributed by atoms with Gasteiger partial charge < -0.3 is 10.1 Å². The molecule has 3 aromatic heterocycles. The zero-order valence-electron chi connectivity index (χ0n) is 14.8. The second-order valence-corrected chi connectivity index (χ2v) is 7.21. The molecule has 0 atom stereocenters. The summed E-state index contributed by atoms with van der Waals surface area (Å²) in [7, 11) is 6.60. The van der Waals surface area contributed by atoms with Gasteiger partial charge in [-0.2, -0.15) is 14.6 Å². The standard InChI is InChI=1S/C17H15ClFN7OS/c1-9(2)27-15-14(10-6-21-22-7-10)20-8-26-16(15)24-17(25-26)23-13-4-3-11(28-18)5-12(13)19/h3-9H,1-2H3,(H,21,22)(H,23,25). The number of benzene rings is 1. The van der Waals surface area contributed by atoms with Crippen molar-refractivity contribution in [2.75, 3.05) is 5.32 Å². The van der Waals surface area contributed by atoms with E-state index in [-0.39, 0.29) is 17.7 Å². The summed E-state index contributed by atoms with van der Waals surface area (Å²) in [5.41, 5.74) is 2.04. The summed E-state index contributed by atoms with van der Waals surface area (Å²) >= 11 is 0. The first kappa shape index (κ1) is 18.5. The maximum absolute atomic E-state index is 14.2. The lowest BCUT2D eigenvalue weighted by atomic mass is 10.2. The van der Waals surface area contributed by atoms with E-state index >= 15 is 0 Å². The smallest absolute Gasteiger partial charge is 0.247 e. The van der Waals surface area contributed by atoms with E-state index in [9.17, 15) is 4.39 Å². The molecular formula is C17H15ClFN7OS. The van der Waals surface area contributed by atoms with Gasteiger partial charge in [0.1, 0.15) is 17.8 Å². The summed E-state index contributed by atoms with van der Waals surface area (Å²) in [6.07, 6.45) is 4.78. The Bertz CT molecular complexity index is 1120. The number of nitrogens with zero attached hydrogens (tertiary/aromatic N) is 5. The number of nitrogens with one attached hydrogen (secondary N) is 2. The predicted octanol–water partition coefficient (Wildman–Crippen LogP) is 4.43. The van der Waals surface area contributed by atoms with E-state index in [1.54, 1.807) is 24.5 Å². The Balaban J connectivity index is 1.76. The van der Waals surface area contributed by atoms with Crippen molar-refractivity contribution in [3.63, 3.8) is 0 Å². The van der Waals surface area contributed by atoms with Crippen molar-refractivity contribution in [2.45, 2.75) is 24.8 Å². The van der Waals surface area contributed by atoms with Crippen LogP contribution in [0.3, 0.4) is 0 Å². The highest BCUT2D eigenvalue weighted by atomic mass is 35.7. The molecule has 1 aromatic carbocycles. The number of rotatable bonds is 6. The van der Waals surface area contributed by atoms with Crippen molar-refractivity contribution >= 4 is 38.9 Å². The van der Waals surface area contributed by atoms with Gasteiger partial charge in [0.25, 0.3) is 0 Å². The van der Waals surface area contributed by atoms with Gasteiger partial charge in [0.15, 0.2) is 5.75 Å². The van der Waals surface area contributed by atoms with Crippen LogP contribution in [-0.4, -0.2) is 35.9 Å². The molecule has 0 unspecified atom stereocenters. The van der Waals surface area contributed by atoms with Gasteiger partial charge in [0.05, 0.1) is 18.0 Å². The summed E-state index contributed by atoms with van der Waals surface area (Å²) in [5, 5.41) is 13.9. The summed E-state index contributed by atoms with van der Waals surface area (Å²) in [6.45, 7) is 3.81. The van der Waals surface area contributed by atoms with Crippen molar-refractivity contribution in [3.05, 3.63) is 42.7 Å². The molecule has 4 rings (SSSR count). The van der Waals surface area contributed by atoms with Crippen LogP contribution in [0.1, 0.15) is 13.8 Å². The second-order valence-electron chi connectivity index (χ2n) is 6.12. The maximum atomic E-state index is 14.2. The molecule has 4 aromatic rings. The summed E-state index contributed by atoms with van der Waals surface area (Å²) < 4.78 is 21.7. The zero-order chi connectivity index (χ0) is 19.7. The highest BCUT2D eigenvalue weighted by Gasteiger charge is 2.19. The number of aromatic nitrogens is 6. The molecule has 0 bridgehead atoms. The van der Waals surface area contributed by atoms with Crippen LogP contribution >= 0.6 is 21.7 Å². The Labute approximate surface area is 168 Å². The normalized spacial score (nSPS) is 11.3. The Morgan fingerprint density at radius 1 is 1.36 bits per heavy atom. The van der Waals surface area contributed by atoms with Crippen LogP contribution in [0.2, 0.25) is 0 Å². The molecule has 0 aliphatic heterocycles. The quantitative estimate of drug-likeness (QED) is 0.477. The number of hydrogen-bond acceptors (Lipinski definition) is 7. The van der Waals surface area contributed by atoms with Gasteiger partial charge in [-0.05, 0) is 53.7 Å². The minimum atomic E-state index is -0.458. The molecule has 11 heteroatoms. The predicted molar refractivity (Wildman–Crippen MR) is 106 cm³/mol. The molecule has 0 spiro atoms. The summed E-state index contributed by atoms with van der Waals surface area (Å²) in [5.74, 6) is 0.221. The van der Waals surface area contributed by atoms with E-state index < -0.39 is 5.82 Å². The van der Waals surface area contributed by atoms with Crippen molar-refractivity contribution in [3.8, 4) is 17.0 Å². The Hall–Kier alpha value is -2.85. The Morgan fingerprint density at radius 2 is 2.21 bits per heavy atom. The average molecular weight is 420 g/mol. The van der Waals surface area contributed by atoms with Crippen molar-refractivity contribution < 1.29 is 9.13 Å². The lowest BCUT2D eigenvalue weighted by molar-refractivity contribution is 0.244. The molecule has 28 heavy (non-hydrogen) atoms. The van der Waals surface area contributed by atoms with Crippen molar-refractivity contribution in [1.82, 2.24) is 29.8 Å². The van der Waals surface area contributed by atoms with Crippen LogP contribution in [0.25, 0.3) is 16.9 Å². The lowest BCUT2D eigenvalue weighted by Gasteiger charge is -2.12. The summed E-state index contributed by atoms with van der Waals surface area (Å²) in [4.78, 5) is 9.49. The molecule has 3 heterocycles. The molecule has 0 saturated carbocycles. The Kier molecular flexibility index (Phi) is 5.05. The van der Waals surface area contributed by atoms with Crippen molar-refractivity contribution in [1.29, 1.82) is 0 Å². The third kappa shape index (κ3) is 3.60. The van der Waals surface area contributed by atoms with Crippen LogP contribution < -0.4 is 10.1 Å². The SMILES string of the molecule is CC(C)Oc1c(-c2cn[nH]c2)ncn2nc(Nc3ccc(SCl)cc3F)nc12. The fourth-order valence-electron chi connectivity index (χ4n) is 2.58. The van der Waals surface area contributed by atoms with E-state index in [0.29, 0.717) is 22.0 Å². The first-order chi connectivity index (χ1) is 13.5. The lowest BCUT2D eigenvalue weighted by Crippen LogP contribution is -2.09. The third-order valence-corrected chi connectivity index (χ3v) is 4.71. The van der Waals surface area contributed by atoms with Gasteiger partial charge in [0.2, 0.25) is 11.6 Å². The third-order valence-electron chi connectivity index (χ3n) is 3.75. The minimum Gasteiger partial charge on any atom is -0.485 e. The highest BCUT2D eigenvalue weighted by Crippen LogP contribution is 2.32. The van der Waals surface area contributed by atoms with Crippen molar-refractivity contribution in [2.24, 2.45) is 0 Å². The van der Waals surface area contributed by atoms with Crippen LogP contribution in [0.15, 0.2) is 41.8 Å². The first-order valence-electron chi connectivity index (χ1n) is 8.31. The molecule has 0 fully saturated rings. The van der Waals surface area contributed by atoms with E-state index in [4.69, 9.17) is 15.4 Å². The Morgan fingerprint density at radius 3 is 2.89 bits per heavy atom. The van der Waals surface area contributed by atoms with Gasteiger partial charge in [-0.3, -0.25) is 5.10 Å². The van der Waals surface area contributed by atoms with E-state index in [1.807, 2.05) is 13.8 Å². The molecular weight excluding hydrogens is 405 g/mol. The number of hydrogen-bond donors (Lipinski definition) is 2. The average Bonchev–Trinajstić information content (AvgIpc) is 3.33. The first-order valence-corrected chi connectivity index (χ1v) is 9.95. The number of aromatic amines is 1. The topological polar surface area (TPSA) is 93.0 Å². The number of fused-ring (bicyclic) bond motifs is 1. The second kappa shape index (κ2) is 7.64. The zero-order valence-corrected chi connectivity index (χ0v) is 16.4. The fraction of sp³-hybridized carbons (Fsp3) is 0.176. The molecule has 0 saturated heterocycles. The van der Waals surface area contributed by atoms with Crippen LogP contribution in [0, 0.1) is 5.82 Å². The molecule has 0 amide bonds. The van der Waals surface area contributed by atoms with Crippen LogP contribution in [-0.2, 0) is 0 Å². The molecule has 0 aliphatic carbocycles. The van der Waals surface area contributed by atoms with Gasteiger partial charge in [-0.25, -0.2) is 9.37 Å². The van der Waals surface area contributed by atoms with E-state index in [0.717, 1.165) is 16.5 Å². The molecule has 0 aliphatic rings. The molecule has 8 nitrogen and oxygen atoms in total. The van der Waals surface area contributed by atoms with E-state index in [1.165, 1.54) is 16.9 Å². The minimum absolute atomic E-state index is 0.107. The van der Waals surface area contributed by atoms with Gasteiger partial charge in [0, 0.05) is 16.7 Å². The van der Waals surface area contributed by atoms with Gasteiger partial charge >= 0.3 is 0 Å². The maximum Gasteiger partial charge on any atom is 0.247 e. The molecule has 0 radical (unpaired) electrons. The van der Waals surface area contributed by atoms with Gasteiger partial charge in [-0.1, -0.05) is 0 Å². The van der Waals surface area contributed by atoms with Gasteiger partial charge in [-0.15, -0.1) is 5.10 Å². The fourth-order valence-corrected chi connectivity index (χ4v) is 3.14. The van der Waals surface area contributed by atoms with E-state index in [2.05, 4.69) is 30.6 Å². The largest absolute Gasteiger partial charge is 0.485 e. The summed E-state index contributed by atoms with van der Waals surface area (Å²) in [6, 6.07) is 4.61. The number of ether oxygens (including phenoxy) is 1. The van der Waals surface area contributed by atoms with Crippen LogP contribution in [0.4, 0.5) is 16.0 Å². The molecule has 2 N–H and O–H groups in total. The number of halogens is 2. The number of H-pyrrole nitrogens is 1. The monoisotopic (exact) mass is 419 g/mol.